The van der Waals surface area contributed by atoms with Crippen molar-refractivity contribution in [3.8, 4) is 0 Å². The van der Waals surface area contributed by atoms with Gasteiger partial charge in [0.05, 0.1) is 30.6 Å². The zero-order valence-electron chi connectivity index (χ0n) is 12.5. The second-order valence-electron chi connectivity index (χ2n) is 5.97. The number of carbonyl (C=O) groups is 1. The van der Waals surface area contributed by atoms with Crippen LogP contribution in [0.1, 0.15) is 24.8 Å². The molecule has 1 aromatic carbocycles. The maximum atomic E-state index is 12.3. The van der Waals surface area contributed by atoms with Crippen molar-refractivity contribution in [2.45, 2.75) is 38.3 Å². The van der Waals surface area contributed by atoms with E-state index in [-0.39, 0.29) is 5.91 Å². The fraction of sp³-hybridized carbons (Fsp3) is 0.562. The number of nitrogens with zero attached hydrogens (tertiary/aromatic N) is 1. The Kier molecular flexibility index (Phi) is 4.12. The molecule has 2 atom stereocenters. The van der Waals surface area contributed by atoms with Crippen molar-refractivity contribution in [1.82, 2.24) is 4.90 Å². The Morgan fingerprint density at radius 3 is 3.14 bits per heavy atom. The van der Waals surface area contributed by atoms with Gasteiger partial charge in [-0.1, -0.05) is 12.1 Å². The molecule has 2 unspecified atom stereocenters. The molecule has 1 heterocycles. The minimum Gasteiger partial charge on any atom is -0.397 e. The third kappa shape index (κ3) is 3.04. The van der Waals surface area contributed by atoms with E-state index in [1.54, 1.807) is 0 Å². The standard InChI is InChI=1S/C16H23N3O2/c1-11-4-2-5-12(17)16(11)18-15(20)10-19-8-9-21-14-7-3-6-13(14)19/h2,4-5,13-14H,3,6-10,17H2,1H3,(H,18,20). The number of fused-ring (bicyclic) bond motifs is 1. The number of hydrogen-bond acceptors (Lipinski definition) is 4. The molecule has 5 nitrogen and oxygen atoms in total. The van der Waals surface area contributed by atoms with Crippen molar-refractivity contribution in [2.75, 3.05) is 30.7 Å². The number of carbonyl (C=O) groups excluding carboxylic acids is 1. The highest BCUT2D eigenvalue weighted by atomic mass is 16.5. The van der Waals surface area contributed by atoms with Gasteiger partial charge in [0.2, 0.25) is 5.91 Å². The number of nitrogen functional groups attached to an aromatic ring is 1. The summed E-state index contributed by atoms with van der Waals surface area (Å²) in [4.78, 5) is 14.6. The van der Waals surface area contributed by atoms with Crippen LogP contribution in [0.5, 0.6) is 0 Å². The van der Waals surface area contributed by atoms with E-state index < -0.39 is 0 Å². The SMILES string of the molecule is Cc1cccc(N)c1NC(=O)CN1CCOC2CCCC21. The predicted octanol–water partition coefficient (Wildman–Crippen LogP) is 1.77. The number of amides is 1. The molecule has 5 heteroatoms. The number of ether oxygens (including phenoxy) is 1. The molecule has 0 radical (unpaired) electrons. The van der Waals surface area contributed by atoms with E-state index in [0.717, 1.165) is 37.2 Å². The Labute approximate surface area is 125 Å². The van der Waals surface area contributed by atoms with E-state index in [9.17, 15) is 4.79 Å². The second kappa shape index (κ2) is 6.03. The molecule has 2 fully saturated rings. The lowest BCUT2D eigenvalue weighted by Gasteiger charge is -2.37. The normalized spacial score (nSPS) is 25.6. The van der Waals surface area contributed by atoms with Crippen LogP contribution < -0.4 is 11.1 Å². The van der Waals surface area contributed by atoms with Gasteiger partial charge >= 0.3 is 0 Å². The molecule has 3 rings (SSSR count). The van der Waals surface area contributed by atoms with Gasteiger partial charge in [-0.2, -0.15) is 0 Å². The summed E-state index contributed by atoms with van der Waals surface area (Å²) in [6.45, 7) is 3.92. The fourth-order valence-electron chi connectivity index (χ4n) is 3.43. The maximum Gasteiger partial charge on any atom is 0.238 e. The number of hydrogen-bond donors (Lipinski definition) is 2. The van der Waals surface area contributed by atoms with Gasteiger partial charge in [0.1, 0.15) is 0 Å². The Bertz CT molecular complexity index is 512. The highest BCUT2D eigenvalue weighted by Gasteiger charge is 2.36. The first-order valence-electron chi connectivity index (χ1n) is 7.66. The van der Waals surface area contributed by atoms with E-state index in [1.165, 1.54) is 6.42 Å². The van der Waals surface area contributed by atoms with Crippen LogP contribution in [-0.2, 0) is 9.53 Å². The number of morpholine rings is 1. The molecule has 1 aliphatic carbocycles. The molecule has 1 aliphatic heterocycles. The van der Waals surface area contributed by atoms with Gasteiger partial charge in [-0.15, -0.1) is 0 Å². The van der Waals surface area contributed by atoms with E-state index in [2.05, 4.69) is 10.2 Å². The molecular weight excluding hydrogens is 266 g/mol. The first kappa shape index (κ1) is 14.4. The molecule has 21 heavy (non-hydrogen) atoms. The summed E-state index contributed by atoms with van der Waals surface area (Å²) in [6, 6.07) is 6.06. The maximum absolute atomic E-state index is 12.3. The van der Waals surface area contributed by atoms with Crippen molar-refractivity contribution >= 4 is 17.3 Å². The quantitative estimate of drug-likeness (QED) is 0.832. The van der Waals surface area contributed by atoms with Crippen molar-refractivity contribution < 1.29 is 9.53 Å². The number of nitrogens with one attached hydrogen (secondary N) is 1. The van der Waals surface area contributed by atoms with Crippen LogP contribution in [0.2, 0.25) is 0 Å². The van der Waals surface area contributed by atoms with Crippen LogP contribution in [0.3, 0.4) is 0 Å². The average molecular weight is 289 g/mol. The summed E-state index contributed by atoms with van der Waals surface area (Å²) in [5, 5.41) is 2.96. The summed E-state index contributed by atoms with van der Waals surface area (Å²) >= 11 is 0. The zero-order chi connectivity index (χ0) is 14.8. The van der Waals surface area contributed by atoms with Crippen molar-refractivity contribution in [3.05, 3.63) is 23.8 Å². The van der Waals surface area contributed by atoms with Gasteiger partial charge in [0.15, 0.2) is 0 Å². The lowest BCUT2D eigenvalue weighted by molar-refractivity contribution is -0.121. The smallest absolute Gasteiger partial charge is 0.238 e. The topological polar surface area (TPSA) is 67.6 Å². The van der Waals surface area contributed by atoms with E-state index in [4.69, 9.17) is 10.5 Å². The van der Waals surface area contributed by atoms with E-state index >= 15 is 0 Å². The molecule has 1 saturated carbocycles. The van der Waals surface area contributed by atoms with Crippen LogP contribution in [0.15, 0.2) is 18.2 Å². The summed E-state index contributed by atoms with van der Waals surface area (Å²) in [5.41, 5.74) is 8.28. The molecule has 114 valence electrons. The summed E-state index contributed by atoms with van der Waals surface area (Å²) < 4.78 is 5.78. The van der Waals surface area contributed by atoms with Crippen LogP contribution in [0, 0.1) is 6.92 Å². The Hall–Kier alpha value is -1.59. The number of para-hydroxylation sites is 1. The van der Waals surface area contributed by atoms with Gasteiger partial charge in [-0.3, -0.25) is 9.69 Å². The van der Waals surface area contributed by atoms with Gasteiger partial charge in [-0.05, 0) is 37.8 Å². The zero-order valence-corrected chi connectivity index (χ0v) is 12.5. The highest BCUT2D eigenvalue weighted by molar-refractivity contribution is 5.96. The Balaban J connectivity index is 1.64. The predicted molar refractivity (Wildman–Crippen MR) is 83.2 cm³/mol. The number of nitrogens with two attached hydrogens (primary N) is 1. The molecule has 3 N–H and O–H groups in total. The minimum absolute atomic E-state index is 0.00329. The van der Waals surface area contributed by atoms with Crippen LogP contribution in [0.4, 0.5) is 11.4 Å². The Morgan fingerprint density at radius 1 is 1.48 bits per heavy atom. The van der Waals surface area contributed by atoms with Crippen LogP contribution >= 0.6 is 0 Å². The first-order chi connectivity index (χ1) is 10.1. The fourth-order valence-corrected chi connectivity index (χ4v) is 3.43. The third-order valence-electron chi connectivity index (χ3n) is 4.51. The molecule has 1 amide bonds. The monoisotopic (exact) mass is 289 g/mol. The van der Waals surface area contributed by atoms with Gasteiger partial charge in [-0.25, -0.2) is 0 Å². The van der Waals surface area contributed by atoms with E-state index in [1.807, 2.05) is 25.1 Å². The third-order valence-corrected chi connectivity index (χ3v) is 4.51. The lowest BCUT2D eigenvalue weighted by Crippen LogP contribution is -2.51. The summed E-state index contributed by atoms with van der Waals surface area (Å²) in [6.07, 6.45) is 3.76. The highest BCUT2D eigenvalue weighted by Crippen LogP contribution is 2.29. The second-order valence-corrected chi connectivity index (χ2v) is 5.97. The van der Waals surface area contributed by atoms with Crippen LogP contribution in [-0.4, -0.2) is 42.6 Å². The molecule has 2 aliphatic rings. The van der Waals surface area contributed by atoms with Gasteiger partial charge in [0, 0.05) is 12.6 Å². The largest absolute Gasteiger partial charge is 0.397 e. The van der Waals surface area contributed by atoms with Crippen molar-refractivity contribution in [3.63, 3.8) is 0 Å². The average Bonchev–Trinajstić information content (AvgIpc) is 2.93. The summed E-state index contributed by atoms with van der Waals surface area (Å²) in [5.74, 6) is 0.00329. The van der Waals surface area contributed by atoms with Gasteiger partial charge in [0.25, 0.3) is 0 Å². The number of rotatable bonds is 3. The molecule has 1 saturated heterocycles. The number of benzene rings is 1. The summed E-state index contributed by atoms with van der Waals surface area (Å²) in [7, 11) is 0. The Morgan fingerprint density at radius 2 is 2.33 bits per heavy atom. The molecule has 0 spiro atoms. The minimum atomic E-state index is 0.00329. The van der Waals surface area contributed by atoms with Crippen LogP contribution in [0.25, 0.3) is 0 Å². The first-order valence-corrected chi connectivity index (χ1v) is 7.66. The molecule has 0 aromatic heterocycles. The van der Waals surface area contributed by atoms with Crippen molar-refractivity contribution in [2.24, 2.45) is 0 Å². The molecular formula is C16H23N3O2. The van der Waals surface area contributed by atoms with Gasteiger partial charge < -0.3 is 15.8 Å². The van der Waals surface area contributed by atoms with E-state index in [0.29, 0.717) is 24.4 Å². The number of aryl methyl sites for hydroxylation is 1. The molecule has 1 aromatic rings. The number of anilines is 2. The molecule has 0 bridgehead atoms. The lowest BCUT2D eigenvalue weighted by atomic mass is 10.1. The van der Waals surface area contributed by atoms with Crippen molar-refractivity contribution in [1.29, 1.82) is 0 Å².